The van der Waals surface area contributed by atoms with Crippen LogP contribution in [-0.4, -0.2) is 4.57 Å². The molecule has 0 bridgehead atoms. The largest absolute Gasteiger partial charge is 0.310 e. The molecular formula is C58H38N2. The van der Waals surface area contributed by atoms with Crippen LogP contribution in [0.25, 0.3) is 93.2 Å². The van der Waals surface area contributed by atoms with Crippen molar-refractivity contribution >= 4 is 71.2 Å². The van der Waals surface area contributed by atoms with Crippen LogP contribution >= 0.6 is 0 Å². The molecule has 2 nitrogen and oxygen atoms in total. The maximum absolute atomic E-state index is 2.43. The molecule has 0 radical (unpaired) electrons. The minimum absolute atomic E-state index is 1.09. The molecule has 0 saturated heterocycles. The molecule has 0 amide bonds. The molecule has 2 heteroatoms. The molecule has 0 saturated carbocycles. The van der Waals surface area contributed by atoms with Crippen molar-refractivity contribution in [2.75, 3.05) is 4.90 Å². The predicted molar refractivity (Wildman–Crippen MR) is 255 cm³/mol. The van der Waals surface area contributed by atoms with E-state index in [4.69, 9.17) is 0 Å². The summed E-state index contributed by atoms with van der Waals surface area (Å²) >= 11 is 0. The fourth-order valence-corrected chi connectivity index (χ4v) is 9.53. The second-order valence-electron chi connectivity index (χ2n) is 15.7. The first-order valence-corrected chi connectivity index (χ1v) is 20.7. The highest BCUT2D eigenvalue weighted by molar-refractivity contribution is 6.24. The van der Waals surface area contributed by atoms with E-state index in [9.17, 15) is 0 Å². The fraction of sp³-hybridized carbons (Fsp3) is 0. The van der Waals surface area contributed by atoms with Crippen LogP contribution in [0.5, 0.6) is 0 Å². The summed E-state index contributed by atoms with van der Waals surface area (Å²) in [7, 11) is 0. The summed E-state index contributed by atoms with van der Waals surface area (Å²) in [4.78, 5) is 2.38. The Morgan fingerprint density at radius 3 is 1.30 bits per heavy atom. The van der Waals surface area contributed by atoms with Crippen molar-refractivity contribution in [3.63, 3.8) is 0 Å². The number of nitrogens with zero attached hydrogens (tertiary/aromatic N) is 2. The van der Waals surface area contributed by atoms with Crippen LogP contribution in [0.4, 0.5) is 17.1 Å². The Kier molecular flexibility index (Phi) is 7.89. The molecule has 0 N–H and O–H groups in total. The quantitative estimate of drug-likeness (QED) is 0.147. The predicted octanol–water partition coefficient (Wildman–Crippen LogP) is 16.2. The Labute approximate surface area is 348 Å². The van der Waals surface area contributed by atoms with Crippen LogP contribution in [0.15, 0.2) is 231 Å². The number of hydrogen-bond donors (Lipinski definition) is 0. The van der Waals surface area contributed by atoms with E-state index in [1.165, 1.54) is 81.9 Å². The Balaban J connectivity index is 0.973. The van der Waals surface area contributed by atoms with E-state index < -0.39 is 0 Å². The first-order valence-electron chi connectivity index (χ1n) is 20.7. The number of benzene rings is 11. The zero-order chi connectivity index (χ0) is 39.6. The molecule has 12 aromatic rings. The summed E-state index contributed by atoms with van der Waals surface area (Å²) in [5.74, 6) is 0. The molecular weight excluding hydrogens is 725 g/mol. The van der Waals surface area contributed by atoms with Gasteiger partial charge in [0.15, 0.2) is 0 Å². The molecule has 0 fully saturated rings. The van der Waals surface area contributed by atoms with Gasteiger partial charge in [0.1, 0.15) is 0 Å². The number of anilines is 3. The molecule has 12 rings (SSSR count). The Morgan fingerprint density at radius 2 is 0.733 bits per heavy atom. The lowest BCUT2D eigenvalue weighted by atomic mass is 9.97. The maximum Gasteiger partial charge on any atom is 0.0547 e. The van der Waals surface area contributed by atoms with Gasteiger partial charge >= 0.3 is 0 Å². The van der Waals surface area contributed by atoms with Gasteiger partial charge in [-0.25, -0.2) is 0 Å². The standard InChI is InChI=1S/C58H38N2/c1-3-21-51-39(11-1)13-7-23-53(51)41-29-33-47(34-30-41)59(48-35-31-42(32-36-48)54-24-8-14-40-12-2-4-22-52(40)54)49-19-5-17-45(37-49)46-18-6-20-50(38-46)60-55-25-9-15-43-27-28-44-16-10-26-56(60)58(44)57(43)55/h1-38H. The topological polar surface area (TPSA) is 8.17 Å². The number of rotatable bonds is 7. The summed E-state index contributed by atoms with van der Waals surface area (Å²) < 4.78 is 2.43. The number of aromatic nitrogens is 1. The molecule has 280 valence electrons. The minimum atomic E-state index is 1.09. The molecule has 1 heterocycles. The highest BCUT2D eigenvalue weighted by Crippen LogP contribution is 2.42. The number of hydrogen-bond acceptors (Lipinski definition) is 1. The maximum atomic E-state index is 2.43. The van der Waals surface area contributed by atoms with Gasteiger partial charge in [0, 0.05) is 33.5 Å². The average molecular weight is 763 g/mol. The lowest BCUT2D eigenvalue weighted by Crippen LogP contribution is -2.10. The third-order valence-electron chi connectivity index (χ3n) is 12.3. The molecule has 0 atom stereocenters. The van der Waals surface area contributed by atoms with Gasteiger partial charge in [-0.3, -0.25) is 0 Å². The summed E-state index contributed by atoms with van der Waals surface area (Å²) in [6.07, 6.45) is 0. The van der Waals surface area contributed by atoms with Crippen LogP contribution in [-0.2, 0) is 0 Å². The molecule has 0 aliphatic carbocycles. The van der Waals surface area contributed by atoms with Gasteiger partial charge in [0.05, 0.1) is 11.0 Å². The Bertz CT molecular complexity index is 3340. The average Bonchev–Trinajstić information content (AvgIpc) is 3.67. The Morgan fingerprint density at radius 1 is 0.283 bits per heavy atom. The van der Waals surface area contributed by atoms with Gasteiger partial charge in [-0.1, -0.05) is 170 Å². The number of fused-ring (bicyclic) bond motifs is 2. The fourth-order valence-electron chi connectivity index (χ4n) is 9.53. The molecule has 0 aliphatic heterocycles. The summed E-state index contributed by atoms with van der Waals surface area (Å²) in [6.45, 7) is 0. The lowest BCUT2D eigenvalue weighted by molar-refractivity contribution is 1.18. The highest BCUT2D eigenvalue weighted by Gasteiger charge is 2.18. The molecule has 60 heavy (non-hydrogen) atoms. The van der Waals surface area contributed by atoms with Gasteiger partial charge in [-0.05, 0) is 126 Å². The van der Waals surface area contributed by atoms with Crippen molar-refractivity contribution in [1.82, 2.24) is 4.57 Å². The van der Waals surface area contributed by atoms with E-state index in [1.807, 2.05) is 0 Å². The molecule has 11 aromatic carbocycles. The first-order chi connectivity index (χ1) is 29.7. The van der Waals surface area contributed by atoms with Crippen molar-refractivity contribution in [3.8, 4) is 39.1 Å². The van der Waals surface area contributed by atoms with Gasteiger partial charge in [0.2, 0.25) is 0 Å². The molecule has 0 aliphatic rings. The minimum Gasteiger partial charge on any atom is -0.310 e. The van der Waals surface area contributed by atoms with Crippen molar-refractivity contribution in [3.05, 3.63) is 231 Å². The molecule has 0 unspecified atom stereocenters. The second kappa shape index (κ2) is 13.9. The highest BCUT2D eigenvalue weighted by atomic mass is 15.1. The lowest BCUT2D eigenvalue weighted by Gasteiger charge is -2.26. The van der Waals surface area contributed by atoms with Crippen molar-refractivity contribution in [2.24, 2.45) is 0 Å². The van der Waals surface area contributed by atoms with Crippen LogP contribution in [0.2, 0.25) is 0 Å². The smallest absolute Gasteiger partial charge is 0.0547 e. The van der Waals surface area contributed by atoms with E-state index in [1.54, 1.807) is 0 Å². The summed E-state index contributed by atoms with van der Waals surface area (Å²) in [5, 5.41) is 10.2. The van der Waals surface area contributed by atoms with Gasteiger partial charge < -0.3 is 9.47 Å². The normalized spacial score (nSPS) is 11.7. The van der Waals surface area contributed by atoms with E-state index in [0.29, 0.717) is 0 Å². The molecule has 1 aromatic heterocycles. The van der Waals surface area contributed by atoms with Gasteiger partial charge in [0.25, 0.3) is 0 Å². The first kappa shape index (κ1) is 34.1. The summed E-state index contributed by atoms with van der Waals surface area (Å²) in [5.41, 5.74) is 14.1. The van der Waals surface area contributed by atoms with Crippen LogP contribution in [0.1, 0.15) is 0 Å². The third-order valence-corrected chi connectivity index (χ3v) is 12.3. The van der Waals surface area contributed by atoms with Crippen LogP contribution < -0.4 is 4.90 Å². The van der Waals surface area contributed by atoms with Crippen molar-refractivity contribution in [1.29, 1.82) is 0 Å². The van der Waals surface area contributed by atoms with Gasteiger partial charge in [-0.15, -0.1) is 0 Å². The second-order valence-corrected chi connectivity index (χ2v) is 15.7. The van der Waals surface area contributed by atoms with Crippen molar-refractivity contribution in [2.45, 2.75) is 0 Å². The van der Waals surface area contributed by atoms with Crippen molar-refractivity contribution < 1.29 is 0 Å². The van der Waals surface area contributed by atoms with E-state index >= 15 is 0 Å². The SMILES string of the molecule is c1cc(-c2cccc(-n3c4cccc5ccc6cccc3c6c54)c2)cc(N(c2ccc(-c3cccc4ccccc34)cc2)c2ccc(-c3cccc4ccccc34)cc2)c1. The van der Waals surface area contributed by atoms with Crippen LogP contribution in [0, 0.1) is 0 Å². The van der Waals surface area contributed by atoms with Crippen LogP contribution in [0.3, 0.4) is 0 Å². The third kappa shape index (κ3) is 5.57. The Hall–Kier alpha value is -7.94. The zero-order valence-electron chi connectivity index (χ0n) is 32.8. The van der Waals surface area contributed by atoms with E-state index in [-0.39, 0.29) is 0 Å². The zero-order valence-corrected chi connectivity index (χ0v) is 32.8. The molecule has 0 spiro atoms. The van der Waals surface area contributed by atoms with E-state index in [2.05, 4.69) is 240 Å². The van der Waals surface area contributed by atoms with Gasteiger partial charge in [-0.2, -0.15) is 0 Å². The summed E-state index contributed by atoms with van der Waals surface area (Å²) in [6, 6.07) is 84.2. The monoisotopic (exact) mass is 762 g/mol. The van der Waals surface area contributed by atoms with E-state index in [0.717, 1.165) is 28.3 Å².